The number of carbonyl (C=O) groups is 1. The lowest BCUT2D eigenvalue weighted by Gasteiger charge is -2.18. The second kappa shape index (κ2) is 6.63. The summed E-state index contributed by atoms with van der Waals surface area (Å²) in [6.45, 7) is 6.30. The Hall–Kier alpha value is -2.37. The first kappa shape index (κ1) is 16.5. The van der Waals surface area contributed by atoms with Crippen molar-refractivity contribution in [2.45, 2.75) is 32.7 Å². The van der Waals surface area contributed by atoms with E-state index in [2.05, 4.69) is 22.1 Å². The van der Waals surface area contributed by atoms with Gasteiger partial charge in [-0.05, 0) is 32.4 Å². The van der Waals surface area contributed by atoms with E-state index in [0.29, 0.717) is 11.5 Å². The molecule has 2 aromatic heterocycles. The smallest absolute Gasteiger partial charge is 0.257 e. The fourth-order valence-corrected chi connectivity index (χ4v) is 3.16. The molecule has 0 radical (unpaired) electrons. The van der Waals surface area contributed by atoms with E-state index in [1.54, 1.807) is 10.9 Å². The van der Waals surface area contributed by atoms with Crippen LogP contribution in [0.4, 0.5) is 5.69 Å². The molecule has 1 amide bonds. The molecular weight excluding hydrogens is 302 g/mol. The van der Waals surface area contributed by atoms with E-state index >= 15 is 0 Å². The highest BCUT2D eigenvalue weighted by Crippen LogP contribution is 2.29. The van der Waals surface area contributed by atoms with Gasteiger partial charge >= 0.3 is 0 Å². The quantitative estimate of drug-likeness (QED) is 0.865. The van der Waals surface area contributed by atoms with Gasteiger partial charge in [-0.3, -0.25) is 14.5 Å². The Morgan fingerprint density at radius 2 is 2.17 bits per heavy atom. The maximum absolute atomic E-state index is 12.6. The van der Waals surface area contributed by atoms with Gasteiger partial charge in [0.25, 0.3) is 5.91 Å². The molecule has 1 fully saturated rings. The van der Waals surface area contributed by atoms with Crippen molar-refractivity contribution in [1.82, 2.24) is 19.7 Å². The molecule has 2 aromatic rings. The maximum Gasteiger partial charge on any atom is 0.257 e. The van der Waals surface area contributed by atoms with E-state index in [-0.39, 0.29) is 5.91 Å². The molecule has 0 aromatic carbocycles. The molecule has 128 valence electrons. The monoisotopic (exact) mass is 327 g/mol. The lowest BCUT2D eigenvalue weighted by atomic mass is 10.0. The van der Waals surface area contributed by atoms with Crippen LogP contribution < -0.4 is 4.90 Å². The number of hydrogen-bond acceptors (Lipinski definition) is 4. The van der Waals surface area contributed by atoms with Crippen molar-refractivity contribution in [2.75, 3.05) is 32.1 Å². The SMILES string of the molecule is CCn1cc(C(=O)N2CC[C@H](c3cc(N(C)C)cc(C)n3)C2)cn1. The van der Waals surface area contributed by atoms with Crippen LogP contribution in [0.5, 0.6) is 0 Å². The Morgan fingerprint density at radius 1 is 1.38 bits per heavy atom. The van der Waals surface area contributed by atoms with Crippen molar-refractivity contribution >= 4 is 11.6 Å². The summed E-state index contributed by atoms with van der Waals surface area (Å²) in [5, 5.41) is 4.20. The van der Waals surface area contributed by atoms with E-state index < -0.39 is 0 Å². The third kappa shape index (κ3) is 3.27. The molecule has 0 bridgehead atoms. The van der Waals surface area contributed by atoms with Gasteiger partial charge in [0.1, 0.15) is 0 Å². The second-order valence-electron chi connectivity index (χ2n) is 6.61. The first-order valence-electron chi connectivity index (χ1n) is 8.45. The van der Waals surface area contributed by atoms with Crippen LogP contribution in [0, 0.1) is 6.92 Å². The molecule has 1 aliphatic rings. The number of aromatic nitrogens is 3. The third-order valence-corrected chi connectivity index (χ3v) is 4.57. The number of likely N-dealkylation sites (tertiary alicyclic amines) is 1. The average Bonchev–Trinajstić information content (AvgIpc) is 3.23. The molecule has 6 heteroatoms. The molecule has 6 nitrogen and oxygen atoms in total. The summed E-state index contributed by atoms with van der Waals surface area (Å²) in [5.41, 5.74) is 3.93. The Bertz CT molecular complexity index is 737. The van der Waals surface area contributed by atoms with E-state index in [9.17, 15) is 4.79 Å². The highest BCUT2D eigenvalue weighted by atomic mass is 16.2. The van der Waals surface area contributed by atoms with Crippen molar-refractivity contribution in [3.8, 4) is 0 Å². The van der Waals surface area contributed by atoms with Crippen molar-refractivity contribution in [2.24, 2.45) is 0 Å². The normalized spacial score (nSPS) is 17.3. The number of rotatable bonds is 4. The molecule has 0 unspecified atom stereocenters. The number of pyridine rings is 1. The van der Waals surface area contributed by atoms with Crippen LogP contribution in [0.15, 0.2) is 24.5 Å². The van der Waals surface area contributed by atoms with Crippen LogP contribution in [0.2, 0.25) is 0 Å². The Kier molecular flexibility index (Phi) is 4.55. The molecule has 0 saturated carbocycles. The molecule has 1 atom stereocenters. The Morgan fingerprint density at radius 3 is 2.83 bits per heavy atom. The topological polar surface area (TPSA) is 54.3 Å². The van der Waals surface area contributed by atoms with Crippen molar-refractivity contribution in [3.05, 3.63) is 41.5 Å². The minimum absolute atomic E-state index is 0.0673. The first-order valence-corrected chi connectivity index (χ1v) is 8.45. The van der Waals surface area contributed by atoms with Crippen LogP contribution in [0.3, 0.4) is 0 Å². The lowest BCUT2D eigenvalue weighted by Crippen LogP contribution is -2.28. The van der Waals surface area contributed by atoms with Gasteiger partial charge in [0, 0.05) is 62.9 Å². The zero-order valence-electron chi connectivity index (χ0n) is 14.9. The van der Waals surface area contributed by atoms with E-state index in [1.807, 2.05) is 39.0 Å². The van der Waals surface area contributed by atoms with Crippen molar-refractivity contribution in [3.63, 3.8) is 0 Å². The lowest BCUT2D eigenvalue weighted by molar-refractivity contribution is 0.0790. The van der Waals surface area contributed by atoms with Gasteiger partial charge in [0.15, 0.2) is 0 Å². The fraction of sp³-hybridized carbons (Fsp3) is 0.500. The van der Waals surface area contributed by atoms with Crippen LogP contribution in [-0.4, -0.2) is 52.8 Å². The predicted octanol–water partition coefficient (Wildman–Crippen LogP) is 2.30. The fourth-order valence-electron chi connectivity index (χ4n) is 3.16. The summed E-state index contributed by atoms with van der Waals surface area (Å²) >= 11 is 0. The van der Waals surface area contributed by atoms with Crippen LogP contribution in [0.1, 0.15) is 41.0 Å². The van der Waals surface area contributed by atoms with Gasteiger partial charge in [-0.25, -0.2) is 0 Å². The minimum atomic E-state index is 0.0673. The number of aryl methyl sites for hydroxylation is 2. The van der Waals surface area contributed by atoms with Crippen LogP contribution >= 0.6 is 0 Å². The average molecular weight is 327 g/mol. The van der Waals surface area contributed by atoms with Gasteiger partial charge in [-0.15, -0.1) is 0 Å². The summed E-state index contributed by atoms with van der Waals surface area (Å²) in [6, 6.07) is 4.22. The van der Waals surface area contributed by atoms with Gasteiger partial charge in [-0.1, -0.05) is 0 Å². The van der Waals surface area contributed by atoms with Gasteiger partial charge in [0.2, 0.25) is 0 Å². The zero-order chi connectivity index (χ0) is 17.3. The van der Waals surface area contributed by atoms with E-state index in [1.165, 1.54) is 0 Å². The Balaban J connectivity index is 1.74. The van der Waals surface area contributed by atoms with Crippen molar-refractivity contribution in [1.29, 1.82) is 0 Å². The molecule has 0 aliphatic carbocycles. The number of hydrogen-bond donors (Lipinski definition) is 0. The van der Waals surface area contributed by atoms with Gasteiger partial charge < -0.3 is 9.80 Å². The molecule has 1 aliphatic heterocycles. The minimum Gasteiger partial charge on any atom is -0.378 e. The first-order chi connectivity index (χ1) is 11.5. The summed E-state index contributed by atoms with van der Waals surface area (Å²) in [7, 11) is 4.07. The summed E-state index contributed by atoms with van der Waals surface area (Å²) in [5.74, 6) is 0.367. The molecule has 0 spiro atoms. The standard InChI is InChI=1S/C18H25N5O/c1-5-23-12-15(10-19-23)18(24)22-7-6-14(11-22)17-9-16(21(3)4)8-13(2)20-17/h8-10,12,14H,5-7,11H2,1-4H3/t14-/m0/s1. The summed E-state index contributed by atoms with van der Waals surface area (Å²) in [6.07, 6.45) is 4.44. The number of anilines is 1. The maximum atomic E-state index is 12.6. The van der Waals surface area contributed by atoms with Crippen LogP contribution in [0.25, 0.3) is 0 Å². The zero-order valence-corrected chi connectivity index (χ0v) is 14.9. The molecular formula is C18H25N5O. The summed E-state index contributed by atoms with van der Waals surface area (Å²) < 4.78 is 1.78. The van der Waals surface area contributed by atoms with E-state index in [4.69, 9.17) is 4.98 Å². The number of nitrogens with zero attached hydrogens (tertiary/aromatic N) is 5. The highest BCUT2D eigenvalue weighted by molar-refractivity contribution is 5.94. The van der Waals surface area contributed by atoms with Crippen molar-refractivity contribution < 1.29 is 4.79 Å². The van der Waals surface area contributed by atoms with E-state index in [0.717, 1.165) is 43.1 Å². The third-order valence-electron chi connectivity index (χ3n) is 4.57. The van der Waals surface area contributed by atoms with Gasteiger partial charge in [0.05, 0.1) is 11.8 Å². The number of amides is 1. The largest absolute Gasteiger partial charge is 0.378 e. The Labute approximate surface area is 143 Å². The summed E-state index contributed by atoms with van der Waals surface area (Å²) in [4.78, 5) is 21.4. The molecule has 3 rings (SSSR count). The predicted molar refractivity (Wildman–Crippen MR) is 94.5 cm³/mol. The molecule has 1 saturated heterocycles. The second-order valence-corrected chi connectivity index (χ2v) is 6.61. The molecule has 3 heterocycles. The highest BCUT2D eigenvalue weighted by Gasteiger charge is 2.29. The molecule has 0 N–H and O–H groups in total. The van der Waals surface area contributed by atoms with Crippen LogP contribution in [-0.2, 0) is 6.54 Å². The number of carbonyl (C=O) groups excluding carboxylic acids is 1. The van der Waals surface area contributed by atoms with Gasteiger partial charge in [-0.2, -0.15) is 5.10 Å². The molecule has 24 heavy (non-hydrogen) atoms.